The van der Waals surface area contributed by atoms with Gasteiger partial charge >= 0.3 is 0 Å². The van der Waals surface area contributed by atoms with Gasteiger partial charge in [-0.15, -0.1) is 0 Å². The van der Waals surface area contributed by atoms with E-state index in [9.17, 15) is 15.0 Å². The number of carbonyl (C=O) groups is 1. The van der Waals surface area contributed by atoms with Crippen molar-refractivity contribution in [3.05, 3.63) is 36.5 Å². The Labute approximate surface area is 478 Å². The van der Waals surface area contributed by atoms with E-state index in [2.05, 4.69) is 43.5 Å². The van der Waals surface area contributed by atoms with Crippen LogP contribution in [0.15, 0.2) is 36.5 Å². The van der Waals surface area contributed by atoms with E-state index in [1.165, 1.54) is 340 Å². The van der Waals surface area contributed by atoms with Crippen LogP contribution in [-0.2, 0) is 4.79 Å². The first-order chi connectivity index (χ1) is 37.7. The molecule has 0 heterocycles. The molecule has 2 unspecified atom stereocenters. The van der Waals surface area contributed by atoms with E-state index < -0.39 is 12.1 Å². The lowest BCUT2D eigenvalue weighted by Gasteiger charge is -2.19. The molecule has 0 aromatic rings. The normalized spacial score (nSPS) is 12.8. The topological polar surface area (TPSA) is 69.6 Å². The summed E-state index contributed by atoms with van der Waals surface area (Å²) in [6.07, 6.45) is 93.9. The maximum atomic E-state index is 12.5. The fraction of sp³-hybridized carbons (Fsp3) is 0.903. The first kappa shape index (κ1) is 74.6. The number of rotatable bonds is 66. The first-order valence-corrected chi connectivity index (χ1v) is 35.2. The Hall–Kier alpha value is -1.39. The number of unbranched alkanes of at least 4 members (excludes halogenated alkanes) is 55. The minimum Gasteiger partial charge on any atom is -0.394 e. The fourth-order valence-electron chi connectivity index (χ4n) is 11.3. The molecular weight excluding hydrogens is 927 g/mol. The standard InChI is InChI=1S/C72H139NO3/c1-3-5-7-9-11-13-15-17-19-21-23-25-27-29-31-33-34-35-36-37-38-39-40-42-44-46-48-50-52-54-56-58-60-62-64-66-68-72(76)73-70(69-74)71(75)67-65-63-61-59-57-55-53-51-49-47-45-43-41-32-30-28-26-24-22-20-18-16-14-12-10-8-6-4-2/h49,51,57,59,65,67,70-71,74-75H,3-48,50,52-56,58,60-64,66,68-69H2,1-2H3,(H,73,76)/b51-49+,59-57+,67-65+. The average Bonchev–Trinajstić information content (AvgIpc) is 3.42. The zero-order valence-corrected chi connectivity index (χ0v) is 52.1. The second-order valence-electron chi connectivity index (χ2n) is 24.3. The zero-order valence-electron chi connectivity index (χ0n) is 52.1. The number of nitrogens with one attached hydrogen (secondary N) is 1. The summed E-state index contributed by atoms with van der Waals surface area (Å²) in [7, 11) is 0. The number of aliphatic hydroxyl groups is 2. The largest absolute Gasteiger partial charge is 0.394 e. The molecule has 0 spiro atoms. The van der Waals surface area contributed by atoms with Crippen molar-refractivity contribution in [2.45, 2.75) is 411 Å². The number of carbonyl (C=O) groups excluding carboxylic acids is 1. The highest BCUT2D eigenvalue weighted by molar-refractivity contribution is 5.76. The van der Waals surface area contributed by atoms with E-state index in [-0.39, 0.29) is 12.5 Å². The predicted molar refractivity (Wildman–Crippen MR) is 341 cm³/mol. The van der Waals surface area contributed by atoms with Crippen molar-refractivity contribution >= 4 is 5.91 Å². The highest BCUT2D eigenvalue weighted by Gasteiger charge is 2.18. The second kappa shape index (κ2) is 67.9. The molecule has 0 aliphatic rings. The second-order valence-corrected chi connectivity index (χ2v) is 24.3. The third-order valence-corrected chi connectivity index (χ3v) is 16.6. The Kier molecular flexibility index (Phi) is 66.6. The summed E-state index contributed by atoms with van der Waals surface area (Å²) < 4.78 is 0. The molecule has 2 atom stereocenters. The van der Waals surface area contributed by atoms with E-state index >= 15 is 0 Å². The maximum absolute atomic E-state index is 12.5. The monoisotopic (exact) mass is 1070 g/mol. The Morgan fingerprint density at radius 3 is 0.763 bits per heavy atom. The number of hydrogen-bond acceptors (Lipinski definition) is 3. The molecule has 0 fully saturated rings. The molecule has 0 saturated heterocycles. The highest BCUT2D eigenvalue weighted by atomic mass is 16.3. The molecule has 0 aromatic carbocycles. The van der Waals surface area contributed by atoms with Gasteiger partial charge in [0, 0.05) is 6.42 Å². The van der Waals surface area contributed by atoms with E-state index in [1.807, 2.05) is 6.08 Å². The van der Waals surface area contributed by atoms with Crippen LogP contribution in [0.25, 0.3) is 0 Å². The molecule has 450 valence electrons. The van der Waals surface area contributed by atoms with Crippen molar-refractivity contribution in [2.75, 3.05) is 6.61 Å². The Morgan fingerprint density at radius 1 is 0.303 bits per heavy atom. The molecule has 0 aromatic heterocycles. The maximum Gasteiger partial charge on any atom is 0.220 e. The van der Waals surface area contributed by atoms with Crippen molar-refractivity contribution < 1.29 is 15.0 Å². The lowest BCUT2D eigenvalue weighted by Crippen LogP contribution is -2.45. The molecule has 4 heteroatoms. The third kappa shape index (κ3) is 63.4. The van der Waals surface area contributed by atoms with Crippen LogP contribution in [0, 0.1) is 0 Å². The Morgan fingerprint density at radius 2 is 0.513 bits per heavy atom. The van der Waals surface area contributed by atoms with Gasteiger partial charge in [-0.25, -0.2) is 0 Å². The summed E-state index contributed by atoms with van der Waals surface area (Å²) in [5, 5.41) is 23.3. The SMILES string of the molecule is CCCCCCCCCCCCCCCCCCCC/C=C/CC/C=C/CC/C=C/C(O)C(CO)NC(=O)CCCCCCCCCCCCCCCCCCCCCCCCCCCCCCCCCCCCCC. The van der Waals surface area contributed by atoms with Crippen LogP contribution in [0.1, 0.15) is 399 Å². The van der Waals surface area contributed by atoms with Gasteiger partial charge in [0.05, 0.1) is 18.8 Å². The molecule has 1 amide bonds. The molecule has 0 bridgehead atoms. The van der Waals surface area contributed by atoms with Crippen molar-refractivity contribution in [3.63, 3.8) is 0 Å². The number of aliphatic hydroxyl groups excluding tert-OH is 2. The fourth-order valence-corrected chi connectivity index (χ4v) is 11.3. The van der Waals surface area contributed by atoms with Gasteiger partial charge in [-0.3, -0.25) is 4.79 Å². The van der Waals surface area contributed by atoms with Crippen LogP contribution in [-0.4, -0.2) is 34.9 Å². The lowest BCUT2D eigenvalue weighted by atomic mass is 10.0. The summed E-state index contributed by atoms with van der Waals surface area (Å²) in [5.74, 6) is -0.0694. The van der Waals surface area contributed by atoms with Crippen molar-refractivity contribution in [1.82, 2.24) is 5.32 Å². The molecule has 0 rings (SSSR count). The average molecular weight is 1070 g/mol. The summed E-state index contributed by atoms with van der Waals surface area (Å²) in [6, 6.07) is -0.645. The van der Waals surface area contributed by atoms with Crippen LogP contribution < -0.4 is 5.32 Å². The number of hydrogen-bond donors (Lipinski definition) is 3. The molecule has 76 heavy (non-hydrogen) atoms. The molecular formula is C72H139NO3. The van der Waals surface area contributed by atoms with Gasteiger partial charge in [0.1, 0.15) is 0 Å². The van der Waals surface area contributed by atoms with Gasteiger partial charge in [0.2, 0.25) is 5.91 Å². The van der Waals surface area contributed by atoms with E-state index in [1.54, 1.807) is 6.08 Å². The van der Waals surface area contributed by atoms with E-state index in [0.29, 0.717) is 6.42 Å². The van der Waals surface area contributed by atoms with E-state index in [0.717, 1.165) is 38.5 Å². The summed E-state index contributed by atoms with van der Waals surface area (Å²) in [5.41, 5.74) is 0. The van der Waals surface area contributed by atoms with Gasteiger partial charge in [-0.2, -0.15) is 0 Å². The van der Waals surface area contributed by atoms with Gasteiger partial charge in [0.25, 0.3) is 0 Å². The van der Waals surface area contributed by atoms with Crippen LogP contribution in [0.5, 0.6) is 0 Å². The Balaban J connectivity index is 3.44. The summed E-state index contributed by atoms with van der Waals surface area (Å²) >= 11 is 0. The predicted octanol–water partition coefficient (Wildman–Crippen LogP) is 23.9. The third-order valence-electron chi connectivity index (χ3n) is 16.6. The molecule has 4 nitrogen and oxygen atoms in total. The molecule has 0 aliphatic carbocycles. The number of amides is 1. The highest BCUT2D eigenvalue weighted by Crippen LogP contribution is 2.19. The first-order valence-electron chi connectivity index (χ1n) is 35.2. The minimum absolute atomic E-state index is 0.0694. The van der Waals surface area contributed by atoms with Crippen LogP contribution in [0.3, 0.4) is 0 Å². The van der Waals surface area contributed by atoms with Crippen molar-refractivity contribution in [3.8, 4) is 0 Å². The van der Waals surface area contributed by atoms with Crippen LogP contribution >= 0.6 is 0 Å². The number of allylic oxidation sites excluding steroid dienone is 5. The van der Waals surface area contributed by atoms with Crippen molar-refractivity contribution in [2.24, 2.45) is 0 Å². The van der Waals surface area contributed by atoms with E-state index in [4.69, 9.17) is 0 Å². The summed E-state index contributed by atoms with van der Waals surface area (Å²) in [6.45, 7) is 4.35. The smallest absolute Gasteiger partial charge is 0.220 e. The van der Waals surface area contributed by atoms with Gasteiger partial charge < -0.3 is 15.5 Å². The van der Waals surface area contributed by atoms with Gasteiger partial charge in [-0.1, -0.05) is 384 Å². The summed E-state index contributed by atoms with van der Waals surface area (Å²) in [4.78, 5) is 12.5. The quantitative estimate of drug-likeness (QED) is 0.0420. The molecule has 3 N–H and O–H groups in total. The van der Waals surface area contributed by atoms with Crippen LogP contribution in [0.4, 0.5) is 0 Å². The molecule has 0 aliphatic heterocycles. The van der Waals surface area contributed by atoms with Crippen molar-refractivity contribution in [1.29, 1.82) is 0 Å². The molecule has 0 radical (unpaired) electrons. The Bertz CT molecular complexity index is 1160. The van der Waals surface area contributed by atoms with Gasteiger partial charge in [-0.05, 0) is 44.9 Å². The lowest BCUT2D eigenvalue weighted by molar-refractivity contribution is -0.123. The minimum atomic E-state index is -0.870. The van der Waals surface area contributed by atoms with Gasteiger partial charge in [0.15, 0.2) is 0 Å². The van der Waals surface area contributed by atoms with Crippen LogP contribution in [0.2, 0.25) is 0 Å². The molecule has 0 saturated carbocycles. The zero-order chi connectivity index (χ0) is 54.8.